The Balaban J connectivity index is 0.00000161. The highest BCUT2D eigenvalue weighted by molar-refractivity contribution is 5.85. The van der Waals surface area contributed by atoms with E-state index in [1.807, 2.05) is 0 Å². The van der Waals surface area contributed by atoms with Gasteiger partial charge in [0.05, 0.1) is 6.42 Å². The molecule has 1 atom stereocenters. The smallest absolute Gasteiger partial charge is 0.227 e. The van der Waals surface area contributed by atoms with Crippen molar-refractivity contribution in [3.05, 3.63) is 35.4 Å². The van der Waals surface area contributed by atoms with Crippen molar-refractivity contribution >= 4 is 18.3 Å². The monoisotopic (exact) mass is 316 g/mol. The topological polar surface area (TPSA) is 32.3 Å². The SMILES string of the molecule is Cl.O=C(Cc1cccc(F)c1F)N1CCC2(CCNC2)C1. The van der Waals surface area contributed by atoms with Crippen LogP contribution in [0.25, 0.3) is 0 Å². The highest BCUT2D eigenvalue weighted by Crippen LogP contribution is 2.36. The summed E-state index contributed by atoms with van der Waals surface area (Å²) in [7, 11) is 0. The fraction of sp³-hybridized carbons (Fsp3) is 0.533. The van der Waals surface area contributed by atoms with Crippen molar-refractivity contribution in [2.24, 2.45) is 5.41 Å². The van der Waals surface area contributed by atoms with Gasteiger partial charge in [-0.25, -0.2) is 8.78 Å². The van der Waals surface area contributed by atoms with Crippen molar-refractivity contribution in [1.29, 1.82) is 0 Å². The van der Waals surface area contributed by atoms with E-state index in [4.69, 9.17) is 0 Å². The number of carbonyl (C=O) groups excluding carboxylic acids is 1. The highest BCUT2D eigenvalue weighted by Gasteiger charge is 2.41. The molecule has 2 saturated heterocycles. The maximum Gasteiger partial charge on any atom is 0.227 e. The van der Waals surface area contributed by atoms with Gasteiger partial charge in [-0.3, -0.25) is 4.79 Å². The molecule has 1 amide bonds. The van der Waals surface area contributed by atoms with E-state index in [1.54, 1.807) is 4.90 Å². The first-order valence-electron chi connectivity index (χ1n) is 7.01. The minimum atomic E-state index is -0.905. The van der Waals surface area contributed by atoms with Gasteiger partial charge < -0.3 is 10.2 Å². The van der Waals surface area contributed by atoms with E-state index in [0.29, 0.717) is 0 Å². The normalized spacial score (nSPS) is 24.4. The number of hydrogen-bond donors (Lipinski definition) is 1. The summed E-state index contributed by atoms with van der Waals surface area (Å²) in [5.41, 5.74) is 0.344. The van der Waals surface area contributed by atoms with Crippen molar-refractivity contribution in [1.82, 2.24) is 10.2 Å². The summed E-state index contributed by atoms with van der Waals surface area (Å²) < 4.78 is 26.7. The minimum absolute atomic E-state index is 0. The van der Waals surface area contributed by atoms with Crippen molar-refractivity contribution in [2.45, 2.75) is 19.3 Å². The molecular weight excluding hydrogens is 298 g/mol. The van der Waals surface area contributed by atoms with Crippen LogP contribution >= 0.6 is 12.4 Å². The molecule has 2 aliphatic heterocycles. The van der Waals surface area contributed by atoms with Gasteiger partial charge in [0, 0.05) is 30.6 Å². The van der Waals surface area contributed by atoms with Crippen LogP contribution < -0.4 is 5.32 Å². The Labute approximate surface area is 129 Å². The summed E-state index contributed by atoms with van der Waals surface area (Å²) in [5, 5.41) is 3.33. The third kappa shape index (κ3) is 3.19. The second-order valence-electron chi connectivity index (χ2n) is 5.88. The van der Waals surface area contributed by atoms with Gasteiger partial charge in [-0.2, -0.15) is 0 Å². The zero-order chi connectivity index (χ0) is 14.2. The van der Waals surface area contributed by atoms with E-state index >= 15 is 0 Å². The van der Waals surface area contributed by atoms with Crippen LogP contribution in [0.1, 0.15) is 18.4 Å². The highest BCUT2D eigenvalue weighted by atomic mass is 35.5. The van der Waals surface area contributed by atoms with Crippen LogP contribution in [-0.4, -0.2) is 37.0 Å². The Morgan fingerprint density at radius 2 is 2.14 bits per heavy atom. The summed E-state index contributed by atoms with van der Waals surface area (Å²) in [6.45, 7) is 3.40. The number of nitrogens with one attached hydrogen (secondary N) is 1. The first kappa shape index (κ1) is 16.2. The molecule has 0 bridgehead atoms. The standard InChI is InChI=1S/C15H18F2N2O.ClH/c16-12-3-1-2-11(14(12)17)8-13(20)19-7-5-15(10-19)4-6-18-9-15;/h1-3,18H,4-10H2;1H. The summed E-state index contributed by atoms with van der Waals surface area (Å²) in [6, 6.07) is 3.98. The number of amides is 1. The Kier molecular flexibility index (Phi) is 4.84. The van der Waals surface area contributed by atoms with Crippen LogP contribution in [0.5, 0.6) is 0 Å². The predicted octanol–water partition coefficient (Wildman–Crippen LogP) is 2.14. The van der Waals surface area contributed by atoms with Crippen molar-refractivity contribution in [2.75, 3.05) is 26.2 Å². The minimum Gasteiger partial charge on any atom is -0.342 e. The molecule has 3 rings (SSSR count). The molecule has 0 radical (unpaired) electrons. The summed E-state index contributed by atoms with van der Waals surface area (Å²) in [5.74, 6) is -1.91. The largest absolute Gasteiger partial charge is 0.342 e. The zero-order valence-corrected chi connectivity index (χ0v) is 12.5. The van der Waals surface area contributed by atoms with Gasteiger partial charge in [0.1, 0.15) is 0 Å². The van der Waals surface area contributed by atoms with E-state index in [9.17, 15) is 13.6 Å². The molecule has 3 nitrogen and oxygen atoms in total. The summed E-state index contributed by atoms with van der Waals surface area (Å²) in [6.07, 6.45) is 2.02. The van der Waals surface area contributed by atoms with E-state index in [0.717, 1.165) is 45.1 Å². The Hall–Kier alpha value is -1.20. The molecule has 2 fully saturated rings. The van der Waals surface area contributed by atoms with Gasteiger partial charge in [-0.1, -0.05) is 12.1 Å². The molecule has 21 heavy (non-hydrogen) atoms. The Morgan fingerprint density at radius 1 is 1.33 bits per heavy atom. The maximum atomic E-state index is 13.6. The van der Waals surface area contributed by atoms with Gasteiger partial charge in [-0.15, -0.1) is 12.4 Å². The van der Waals surface area contributed by atoms with Crippen LogP contribution in [0, 0.1) is 17.0 Å². The van der Waals surface area contributed by atoms with Crippen LogP contribution in [-0.2, 0) is 11.2 Å². The number of nitrogens with zero attached hydrogens (tertiary/aromatic N) is 1. The molecule has 1 aromatic carbocycles. The van der Waals surface area contributed by atoms with E-state index in [1.165, 1.54) is 12.1 Å². The lowest BCUT2D eigenvalue weighted by Gasteiger charge is -2.22. The Bertz CT molecular complexity index is 532. The van der Waals surface area contributed by atoms with Gasteiger partial charge in [0.25, 0.3) is 0 Å². The van der Waals surface area contributed by atoms with E-state index in [2.05, 4.69) is 5.32 Å². The van der Waals surface area contributed by atoms with Crippen LogP contribution in [0.4, 0.5) is 8.78 Å². The molecule has 116 valence electrons. The molecule has 1 aromatic rings. The average Bonchev–Trinajstić information content (AvgIpc) is 3.06. The molecule has 0 saturated carbocycles. The lowest BCUT2D eigenvalue weighted by Crippen LogP contribution is -2.34. The van der Waals surface area contributed by atoms with Crippen molar-refractivity contribution < 1.29 is 13.6 Å². The first-order chi connectivity index (χ1) is 9.60. The summed E-state index contributed by atoms with van der Waals surface area (Å²) >= 11 is 0. The second-order valence-corrected chi connectivity index (χ2v) is 5.88. The Morgan fingerprint density at radius 3 is 2.86 bits per heavy atom. The van der Waals surface area contributed by atoms with E-state index in [-0.39, 0.29) is 35.7 Å². The second kappa shape index (κ2) is 6.28. The number of likely N-dealkylation sites (tertiary alicyclic amines) is 1. The van der Waals surface area contributed by atoms with E-state index < -0.39 is 11.6 Å². The van der Waals surface area contributed by atoms with Gasteiger partial charge in [-0.05, 0) is 25.5 Å². The number of hydrogen-bond acceptors (Lipinski definition) is 2. The molecule has 2 aliphatic rings. The molecule has 1 N–H and O–H groups in total. The molecular formula is C15H19ClF2N2O. The molecule has 0 aliphatic carbocycles. The van der Waals surface area contributed by atoms with Crippen LogP contribution in [0.15, 0.2) is 18.2 Å². The molecule has 1 unspecified atom stereocenters. The molecule has 6 heteroatoms. The fourth-order valence-corrected chi connectivity index (χ4v) is 3.25. The quantitative estimate of drug-likeness (QED) is 0.906. The number of benzene rings is 1. The van der Waals surface area contributed by atoms with Crippen molar-refractivity contribution in [3.63, 3.8) is 0 Å². The van der Waals surface area contributed by atoms with Gasteiger partial charge >= 0.3 is 0 Å². The lowest BCUT2D eigenvalue weighted by atomic mass is 9.86. The van der Waals surface area contributed by atoms with Gasteiger partial charge in [0.2, 0.25) is 5.91 Å². The van der Waals surface area contributed by atoms with Gasteiger partial charge in [0.15, 0.2) is 11.6 Å². The molecule has 2 heterocycles. The van der Waals surface area contributed by atoms with Crippen LogP contribution in [0.2, 0.25) is 0 Å². The number of rotatable bonds is 2. The first-order valence-corrected chi connectivity index (χ1v) is 7.01. The molecule has 1 spiro atoms. The zero-order valence-electron chi connectivity index (χ0n) is 11.7. The number of halogens is 3. The average molecular weight is 317 g/mol. The maximum absolute atomic E-state index is 13.6. The van der Waals surface area contributed by atoms with Crippen LogP contribution in [0.3, 0.4) is 0 Å². The third-order valence-corrected chi connectivity index (χ3v) is 4.50. The number of carbonyl (C=O) groups is 1. The third-order valence-electron chi connectivity index (χ3n) is 4.50. The summed E-state index contributed by atoms with van der Waals surface area (Å²) in [4.78, 5) is 14.0. The lowest BCUT2D eigenvalue weighted by molar-refractivity contribution is -0.129. The fourth-order valence-electron chi connectivity index (χ4n) is 3.25. The predicted molar refractivity (Wildman–Crippen MR) is 78.4 cm³/mol. The van der Waals surface area contributed by atoms with Crippen molar-refractivity contribution in [3.8, 4) is 0 Å². The molecule has 0 aromatic heterocycles.